The molecule has 1 rings (SSSR count). The van der Waals surface area contributed by atoms with E-state index >= 15 is 0 Å². The standard InChI is InChI=1S/C9H9NO3/c1-2-3-7-4-5-8(11)6-9(7)10(12)13/h2-6,11H,1H3/b3-2+. The second-order valence-electron chi connectivity index (χ2n) is 2.50. The zero-order chi connectivity index (χ0) is 9.84. The third-order valence-electron chi connectivity index (χ3n) is 1.56. The van der Waals surface area contributed by atoms with Crippen molar-refractivity contribution in [1.29, 1.82) is 0 Å². The van der Waals surface area contributed by atoms with Gasteiger partial charge in [0.1, 0.15) is 5.75 Å². The highest BCUT2D eigenvalue weighted by Crippen LogP contribution is 2.24. The van der Waals surface area contributed by atoms with Crippen molar-refractivity contribution in [3.8, 4) is 5.75 Å². The number of aromatic hydroxyl groups is 1. The molecule has 4 heteroatoms. The van der Waals surface area contributed by atoms with E-state index in [1.165, 1.54) is 12.1 Å². The van der Waals surface area contributed by atoms with Crippen LogP contribution in [0.1, 0.15) is 12.5 Å². The highest BCUT2D eigenvalue weighted by Gasteiger charge is 2.11. The number of rotatable bonds is 2. The SMILES string of the molecule is C/C=C/c1ccc(O)cc1[N+](=O)[O-]. The maximum Gasteiger partial charge on any atom is 0.280 e. The molecule has 1 aromatic rings. The average Bonchev–Trinajstić information content (AvgIpc) is 2.08. The fraction of sp³-hybridized carbons (Fsp3) is 0.111. The average molecular weight is 179 g/mol. The number of hydrogen-bond acceptors (Lipinski definition) is 3. The molecule has 0 unspecified atom stereocenters. The molecule has 1 aromatic carbocycles. The maximum absolute atomic E-state index is 10.5. The minimum atomic E-state index is -0.519. The van der Waals surface area contributed by atoms with Gasteiger partial charge in [-0.1, -0.05) is 12.2 Å². The van der Waals surface area contributed by atoms with Gasteiger partial charge in [-0.25, -0.2) is 0 Å². The third-order valence-corrected chi connectivity index (χ3v) is 1.56. The monoisotopic (exact) mass is 179 g/mol. The van der Waals surface area contributed by atoms with Gasteiger partial charge in [0.05, 0.1) is 16.6 Å². The van der Waals surface area contributed by atoms with Crippen molar-refractivity contribution >= 4 is 11.8 Å². The van der Waals surface area contributed by atoms with Crippen LogP contribution >= 0.6 is 0 Å². The van der Waals surface area contributed by atoms with E-state index in [1.54, 1.807) is 19.1 Å². The van der Waals surface area contributed by atoms with Crippen molar-refractivity contribution < 1.29 is 10.0 Å². The largest absolute Gasteiger partial charge is 0.508 e. The highest BCUT2D eigenvalue weighted by atomic mass is 16.6. The summed E-state index contributed by atoms with van der Waals surface area (Å²) in [5.74, 6) is -0.0973. The van der Waals surface area contributed by atoms with Gasteiger partial charge in [0, 0.05) is 0 Å². The minimum absolute atomic E-state index is 0.0851. The zero-order valence-corrected chi connectivity index (χ0v) is 7.10. The number of nitrogens with zero attached hydrogens (tertiary/aromatic N) is 1. The summed E-state index contributed by atoms with van der Waals surface area (Å²) < 4.78 is 0. The van der Waals surface area contributed by atoms with Crippen LogP contribution in [0.25, 0.3) is 6.08 Å². The number of hydrogen-bond donors (Lipinski definition) is 1. The Kier molecular flexibility index (Phi) is 2.64. The van der Waals surface area contributed by atoms with Gasteiger partial charge in [0.25, 0.3) is 5.69 Å². The van der Waals surface area contributed by atoms with Crippen LogP contribution in [0.15, 0.2) is 24.3 Å². The van der Waals surface area contributed by atoms with Crippen LogP contribution in [0.3, 0.4) is 0 Å². The van der Waals surface area contributed by atoms with Gasteiger partial charge in [0.2, 0.25) is 0 Å². The fourth-order valence-corrected chi connectivity index (χ4v) is 1.01. The number of benzene rings is 1. The summed E-state index contributed by atoms with van der Waals surface area (Å²) in [6.45, 7) is 1.77. The smallest absolute Gasteiger partial charge is 0.280 e. The van der Waals surface area contributed by atoms with E-state index in [0.717, 1.165) is 6.07 Å². The molecular formula is C9H9NO3. The third kappa shape index (κ3) is 2.05. The Hall–Kier alpha value is -1.84. The van der Waals surface area contributed by atoms with Gasteiger partial charge in [-0.15, -0.1) is 0 Å². The maximum atomic E-state index is 10.5. The van der Waals surface area contributed by atoms with Crippen LogP contribution in [0, 0.1) is 10.1 Å². The summed E-state index contributed by atoms with van der Waals surface area (Å²) in [4.78, 5) is 9.99. The lowest BCUT2D eigenvalue weighted by molar-refractivity contribution is -0.385. The summed E-state index contributed by atoms with van der Waals surface area (Å²) in [6, 6.07) is 4.06. The molecular weight excluding hydrogens is 170 g/mol. The predicted octanol–water partition coefficient (Wildman–Crippen LogP) is 2.33. The van der Waals surface area contributed by atoms with Crippen LogP contribution < -0.4 is 0 Å². The number of allylic oxidation sites excluding steroid dienone is 1. The summed E-state index contributed by atoms with van der Waals surface area (Å²) in [5.41, 5.74) is 0.406. The van der Waals surface area contributed by atoms with E-state index in [0.29, 0.717) is 5.56 Å². The molecule has 0 aliphatic heterocycles. The molecule has 0 amide bonds. The second-order valence-corrected chi connectivity index (χ2v) is 2.50. The molecule has 0 radical (unpaired) electrons. The molecule has 0 saturated heterocycles. The first-order valence-corrected chi connectivity index (χ1v) is 3.75. The van der Waals surface area contributed by atoms with Crippen molar-refractivity contribution in [3.05, 3.63) is 40.0 Å². The molecule has 13 heavy (non-hydrogen) atoms. The summed E-state index contributed by atoms with van der Waals surface area (Å²) in [5, 5.41) is 19.5. The molecule has 0 spiro atoms. The fourth-order valence-electron chi connectivity index (χ4n) is 1.01. The Morgan fingerprint density at radius 3 is 2.77 bits per heavy atom. The predicted molar refractivity (Wildman–Crippen MR) is 49.5 cm³/mol. The molecule has 1 N–H and O–H groups in total. The van der Waals surface area contributed by atoms with Gasteiger partial charge in [-0.05, 0) is 19.1 Å². The molecule has 0 aliphatic rings. The molecule has 0 heterocycles. The first-order chi connectivity index (χ1) is 6.15. The molecule has 0 bridgehead atoms. The van der Waals surface area contributed by atoms with E-state index < -0.39 is 4.92 Å². The van der Waals surface area contributed by atoms with E-state index in [1.807, 2.05) is 0 Å². The van der Waals surface area contributed by atoms with Gasteiger partial charge >= 0.3 is 0 Å². The van der Waals surface area contributed by atoms with Gasteiger partial charge in [-0.3, -0.25) is 10.1 Å². The van der Waals surface area contributed by atoms with Crippen molar-refractivity contribution in [1.82, 2.24) is 0 Å². The van der Waals surface area contributed by atoms with Gasteiger partial charge in [0.15, 0.2) is 0 Å². The Balaban J connectivity index is 3.26. The first kappa shape index (κ1) is 9.25. The Morgan fingerprint density at radius 1 is 1.54 bits per heavy atom. The van der Waals surface area contributed by atoms with Crippen LogP contribution in [0.4, 0.5) is 5.69 Å². The summed E-state index contributed by atoms with van der Waals surface area (Å²) in [7, 11) is 0. The Bertz CT molecular complexity index is 358. The summed E-state index contributed by atoms with van der Waals surface area (Å²) in [6.07, 6.45) is 3.33. The van der Waals surface area contributed by atoms with Crippen LogP contribution in [0.2, 0.25) is 0 Å². The minimum Gasteiger partial charge on any atom is -0.508 e. The van der Waals surface area contributed by atoms with Crippen molar-refractivity contribution in [3.63, 3.8) is 0 Å². The quantitative estimate of drug-likeness (QED) is 0.559. The first-order valence-electron chi connectivity index (χ1n) is 3.75. The van der Waals surface area contributed by atoms with Crippen molar-refractivity contribution in [2.24, 2.45) is 0 Å². The molecule has 0 aliphatic carbocycles. The zero-order valence-electron chi connectivity index (χ0n) is 7.10. The molecule has 0 fully saturated rings. The van der Waals surface area contributed by atoms with E-state index in [2.05, 4.69) is 0 Å². The highest BCUT2D eigenvalue weighted by molar-refractivity contribution is 5.62. The lowest BCUT2D eigenvalue weighted by Crippen LogP contribution is -1.90. The molecule has 4 nitrogen and oxygen atoms in total. The second kappa shape index (κ2) is 3.71. The van der Waals surface area contributed by atoms with Crippen molar-refractivity contribution in [2.75, 3.05) is 0 Å². The van der Waals surface area contributed by atoms with Crippen LogP contribution in [0.5, 0.6) is 5.75 Å². The Labute approximate surface area is 75.3 Å². The lowest BCUT2D eigenvalue weighted by atomic mass is 10.1. The van der Waals surface area contributed by atoms with E-state index in [4.69, 9.17) is 5.11 Å². The topological polar surface area (TPSA) is 63.4 Å². The Morgan fingerprint density at radius 2 is 2.23 bits per heavy atom. The van der Waals surface area contributed by atoms with Crippen LogP contribution in [-0.4, -0.2) is 10.0 Å². The van der Waals surface area contributed by atoms with Crippen molar-refractivity contribution in [2.45, 2.75) is 6.92 Å². The summed E-state index contributed by atoms with van der Waals surface area (Å²) >= 11 is 0. The number of phenolic OH excluding ortho intramolecular Hbond substituents is 1. The molecule has 0 aromatic heterocycles. The number of phenols is 1. The van der Waals surface area contributed by atoms with E-state index in [-0.39, 0.29) is 11.4 Å². The number of nitro groups is 1. The van der Waals surface area contributed by atoms with Crippen LogP contribution in [-0.2, 0) is 0 Å². The molecule has 0 atom stereocenters. The molecule has 68 valence electrons. The lowest BCUT2D eigenvalue weighted by Gasteiger charge is -1.97. The van der Waals surface area contributed by atoms with Gasteiger partial charge in [-0.2, -0.15) is 0 Å². The van der Waals surface area contributed by atoms with Gasteiger partial charge < -0.3 is 5.11 Å². The van der Waals surface area contributed by atoms with E-state index in [9.17, 15) is 10.1 Å². The normalized spacial score (nSPS) is 10.5. The molecule has 0 saturated carbocycles. The number of nitro benzene ring substituents is 1.